The molecule has 2 heterocycles. The molecule has 194 valence electrons. The van der Waals surface area contributed by atoms with Crippen LogP contribution >= 0.6 is 0 Å². The molecule has 36 heavy (non-hydrogen) atoms. The molecule has 1 fully saturated rings. The van der Waals surface area contributed by atoms with Gasteiger partial charge < -0.3 is 19.1 Å². The zero-order chi connectivity index (χ0) is 26.4. The third-order valence-electron chi connectivity index (χ3n) is 6.34. The number of hydrogen-bond donors (Lipinski definition) is 0. The summed E-state index contributed by atoms with van der Waals surface area (Å²) in [6.45, 7) is 7.07. The number of nitrogens with zero attached hydrogens (tertiary/aromatic N) is 5. The molecule has 1 saturated heterocycles. The number of piperazine rings is 1. The molecule has 10 nitrogen and oxygen atoms in total. The maximum atomic E-state index is 13.2. The molecule has 0 unspecified atom stereocenters. The zero-order valence-electron chi connectivity index (χ0n) is 21.7. The second-order valence-electron chi connectivity index (χ2n) is 9.17. The van der Waals surface area contributed by atoms with Gasteiger partial charge >= 0.3 is 5.69 Å². The van der Waals surface area contributed by atoms with E-state index in [0.29, 0.717) is 44.0 Å². The number of rotatable bonds is 8. The number of methoxy groups -OCH3 is 1. The van der Waals surface area contributed by atoms with Crippen LogP contribution in [0, 0.1) is 0 Å². The minimum atomic E-state index is -0.501. The van der Waals surface area contributed by atoms with Crippen LogP contribution in [-0.4, -0.2) is 77.1 Å². The van der Waals surface area contributed by atoms with E-state index in [1.54, 1.807) is 38.4 Å². The summed E-state index contributed by atoms with van der Waals surface area (Å²) < 4.78 is 7.47. The Morgan fingerprint density at radius 1 is 1.03 bits per heavy atom. The SMILES string of the molecule is COc1ccc(C(=O)N2CCN(CCC(=O)N(CC=C(C)C)c3cn(C)c(=O)n(C)c3=O)CC2)cc1. The molecule has 0 bridgehead atoms. The largest absolute Gasteiger partial charge is 0.497 e. The summed E-state index contributed by atoms with van der Waals surface area (Å²) in [4.78, 5) is 56.3. The molecular formula is C26H35N5O5. The quantitative estimate of drug-likeness (QED) is 0.509. The normalized spacial score (nSPS) is 13.9. The molecular weight excluding hydrogens is 462 g/mol. The van der Waals surface area contributed by atoms with Crippen LogP contribution in [0.15, 0.2) is 51.7 Å². The molecule has 0 spiro atoms. The van der Waals surface area contributed by atoms with E-state index in [-0.39, 0.29) is 30.5 Å². The van der Waals surface area contributed by atoms with Crippen LogP contribution in [-0.2, 0) is 18.9 Å². The lowest BCUT2D eigenvalue weighted by molar-refractivity contribution is -0.118. The first kappa shape index (κ1) is 26.9. The van der Waals surface area contributed by atoms with Crippen LogP contribution in [0.4, 0.5) is 5.69 Å². The number of ether oxygens (including phenoxy) is 1. The van der Waals surface area contributed by atoms with Crippen molar-refractivity contribution in [2.24, 2.45) is 14.1 Å². The van der Waals surface area contributed by atoms with Crippen LogP contribution < -0.4 is 20.9 Å². The van der Waals surface area contributed by atoms with Gasteiger partial charge in [0.1, 0.15) is 11.4 Å². The second kappa shape index (κ2) is 11.9. The topological polar surface area (TPSA) is 97.1 Å². The lowest BCUT2D eigenvalue weighted by atomic mass is 10.1. The first-order chi connectivity index (χ1) is 17.1. The summed E-state index contributed by atoms with van der Waals surface area (Å²) in [5.41, 5.74) is 0.872. The van der Waals surface area contributed by atoms with Crippen molar-refractivity contribution in [1.82, 2.24) is 18.9 Å². The molecule has 1 aliphatic rings. The minimum Gasteiger partial charge on any atom is -0.497 e. The first-order valence-corrected chi connectivity index (χ1v) is 12.0. The minimum absolute atomic E-state index is 0.0215. The van der Waals surface area contributed by atoms with Gasteiger partial charge in [-0.3, -0.25) is 23.9 Å². The van der Waals surface area contributed by atoms with Gasteiger partial charge in [0, 0.05) is 71.5 Å². The highest BCUT2D eigenvalue weighted by atomic mass is 16.5. The van der Waals surface area contributed by atoms with Gasteiger partial charge in [-0.05, 0) is 38.1 Å². The summed E-state index contributed by atoms with van der Waals surface area (Å²) in [5.74, 6) is 0.488. The highest BCUT2D eigenvalue weighted by Crippen LogP contribution is 2.15. The molecule has 0 radical (unpaired) electrons. The van der Waals surface area contributed by atoms with Gasteiger partial charge in [-0.1, -0.05) is 11.6 Å². The van der Waals surface area contributed by atoms with Crippen LogP contribution in [0.3, 0.4) is 0 Å². The van der Waals surface area contributed by atoms with Crippen LogP contribution in [0.1, 0.15) is 30.6 Å². The fraction of sp³-hybridized carbons (Fsp3) is 0.462. The molecule has 0 N–H and O–H groups in total. The van der Waals surface area contributed by atoms with Gasteiger partial charge in [-0.25, -0.2) is 4.79 Å². The Morgan fingerprint density at radius 2 is 1.67 bits per heavy atom. The van der Waals surface area contributed by atoms with Crippen molar-refractivity contribution in [3.63, 3.8) is 0 Å². The predicted molar refractivity (Wildman–Crippen MR) is 139 cm³/mol. The number of aryl methyl sites for hydroxylation is 1. The van der Waals surface area contributed by atoms with E-state index < -0.39 is 11.2 Å². The third kappa shape index (κ3) is 6.31. The van der Waals surface area contributed by atoms with Gasteiger partial charge in [0.15, 0.2) is 0 Å². The van der Waals surface area contributed by atoms with Crippen LogP contribution in [0.5, 0.6) is 5.75 Å². The Hall–Kier alpha value is -3.66. The lowest BCUT2D eigenvalue weighted by Crippen LogP contribution is -2.49. The maximum Gasteiger partial charge on any atom is 0.330 e. The number of carbonyl (C=O) groups excluding carboxylic acids is 2. The second-order valence-corrected chi connectivity index (χ2v) is 9.17. The lowest BCUT2D eigenvalue weighted by Gasteiger charge is -2.35. The predicted octanol–water partition coefficient (Wildman–Crippen LogP) is 1.24. The summed E-state index contributed by atoms with van der Waals surface area (Å²) in [5, 5.41) is 0. The van der Waals surface area contributed by atoms with Gasteiger partial charge in [0.25, 0.3) is 11.5 Å². The van der Waals surface area contributed by atoms with E-state index >= 15 is 0 Å². The number of amides is 2. The van der Waals surface area contributed by atoms with Crippen molar-refractivity contribution in [2.45, 2.75) is 20.3 Å². The van der Waals surface area contributed by atoms with E-state index in [1.807, 2.05) is 24.8 Å². The van der Waals surface area contributed by atoms with Crippen molar-refractivity contribution in [1.29, 1.82) is 0 Å². The Balaban J connectivity index is 1.63. The van der Waals surface area contributed by atoms with Gasteiger partial charge in [-0.2, -0.15) is 0 Å². The van der Waals surface area contributed by atoms with Crippen molar-refractivity contribution in [2.75, 3.05) is 51.3 Å². The van der Waals surface area contributed by atoms with E-state index in [4.69, 9.17) is 4.74 Å². The Bertz CT molecular complexity index is 1230. The average molecular weight is 498 g/mol. The molecule has 10 heteroatoms. The molecule has 1 aliphatic heterocycles. The Morgan fingerprint density at radius 3 is 2.25 bits per heavy atom. The van der Waals surface area contributed by atoms with Crippen LogP contribution in [0.2, 0.25) is 0 Å². The standard InChI is InChI=1S/C26H35N5O5/c1-19(2)10-13-31(22-18-27(3)26(35)28(4)25(22)34)23(32)11-12-29-14-16-30(17-15-29)24(33)20-6-8-21(36-5)9-7-20/h6-10,18H,11-17H2,1-5H3. The molecule has 3 rings (SSSR count). The van der Waals surface area contributed by atoms with Crippen molar-refractivity contribution < 1.29 is 14.3 Å². The molecule has 2 amide bonds. The Labute approximate surface area is 211 Å². The monoisotopic (exact) mass is 497 g/mol. The summed E-state index contributed by atoms with van der Waals surface area (Å²) in [6.07, 6.45) is 3.52. The van der Waals surface area contributed by atoms with Crippen LogP contribution in [0.25, 0.3) is 0 Å². The number of hydrogen-bond acceptors (Lipinski definition) is 6. The van der Waals surface area contributed by atoms with Crippen molar-refractivity contribution >= 4 is 17.5 Å². The van der Waals surface area contributed by atoms with Gasteiger partial charge in [0.2, 0.25) is 5.91 Å². The molecule has 0 aliphatic carbocycles. The van der Waals surface area contributed by atoms with Crippen molar-refractivity contribution in [3.8, 4) is 5.75 Å². The fourth-order valence-corrected chi connectivity index (χ4v) is 4.06. The average Bonchev–Trinajstić information content (AvgIpc) is 2.88. The summed E-state index contributed by atoms with van der Waals surface area (Å²) in [7, 11) is 4.55. The summed E-state index contributed by atoms with van der Waals surface area (Å²) >= 11 is 0. The molecule has 0 saturated carbocycles. The Kier molecular flexibility index (Phi) is 8.87. The number of benzene rings is 1. The van der Waals surface area contributed by atoms with E-state index in [1.165, 1.54) is 22.7 Å². The number of allylic oxidation sites excluding steroid dienone is 1. The number of aromatic nitrogens is 2. The molecule has 1 aromatic heterocycles. The maximum absolute atomic E-state index is 13.2. The summed E-state index contributed by atoms with van der Waals surface area (Å²) in [6, 6.07) is 7.07. The molecule has 0 atom stereocenters. The van der Waals surface area contributed by atoms with E-state index in [0.717, 1.165) is 10.1 Å². The van der Waals surface area contributed by atoms with E-state index in [9.17, 15) is 19.2 Å². The molecule has 2 aromatic rings. The van der Waals surface area contributed by atoms with Crippen molar-refractivity contribution in [3.05, 3.63) is 68.5 Å². The highest BCUT2D eigenvalue weighted by molar-refractivity contribution is 5.94. The van der Waals surface area contributed by atoms with Gasteiger partial charge in [-0.15, -0.1) is 0 Å². The zero-order valence-corrected chi connectivity index (χ0v) is 21.7. The van der Waals surface area contributed by atoms with Gasteiger partial charge in [0.05, 0.1) is 7.11 Å². The fourth-order valence-electron chi connectivity index (χ4n) is 4.06. The third-order valence-corrected chi connectivity index (χ3v) is 6.34. The number of anilines is 1. The first-order valence-electron chi connectivity index (χ1n) is 12.0. The smallest absolute Gasteiger partial charge is 0.330 e. The molecule has 1 aromatic carbocycles. The highest BCUT2D eigenvalue weighted by Gasteiger charge is 2.24. The van der Waals surface area contributed by atoms with E-state index in [2.05, 4.69) is 4.90 Å². The number of carbonyl (C=O) groups is 2.